The molecule has 0 aromatic rings. The number of alkyl halides is 1. The minimum atomic E-state index is -2.09. The average molecular weight is 357 g/mol. The van der Waals surface area contributed by atoms with E-state index in [1.807, 2.05) is 0 Å². The van der Waals surface area contributed by atoms with Crippen LogP contribution in [-0.2, 0) is 13.9 Å². The fraction of sp³-hybridized carbons (Fsp3) is 1.00. The second-order valence-corrected chi connectivity index (χ2v) is 12.4. The van der Waals surface area contributed by atoms with Crippen molar-refractivity contribution in [1.82, 2.24) is 0 Å². The van der Waals surface area contributed by atoms with Crippen molar-refractivity contribution in [3.8, 4) is 0 Å². The lowest BCUT2D eigenvalue weighted by Crippen LogP contribution is -2.65. The molecule has 1 aliphatic rings. The van der Waals surface area contributed by atoms with Crippen LogP contribution in [0.15, 0.2) is 0 Å². The largest absolute Gasteiger partial charge is 0.411 e. The number of halogens is 1. The van der Waals surface area contributed by atoms with E-state index in [1.54, 1.807) is 0 Å². The Morgan fingerprint density at radius 3 is 2.36 bits per heavy atom. The van der Waals surface area contributed by atoms with Gasteiger partial charge in [-0.05, 0) is 18.1 Å². The number of aliphatic hydroxyl groups is 3. The van der Waals surface area contributed by atoms with Gasteiger partial charge in [-0.1, -0.05) is 20.8 Å². The maximum Gasteiger partial charge on any atom is 0.220 e. The van der Waals surface area contributed by atoms with Gasteiger partial charge in [0.05, 0.1) is 19.8 Å². The summed E-state index contributed by atoms with van der Waals surface area (Å²) in [7, 11) is -2.09. The van der Waals surface area contributed by atoms with Gasteiger partial charge in [-0.3, -0.25) is 0 Å². The monoisotopic (exact) mass is 356 g/mol. The van der Waals surface area contributed by atoms with Crippen LogP contribution in [0.25, 0.3) is 0 Å². The molecule has 132 valence electrons. The molecule has 1 fully saturated rings. The molecule has 0 amide bonds. The minimum Gasteiger partial charge on any atom is -0.411 e. The van der Waals surface area contributed by atoms with E-state index in [-0.39, 0.29) is 30.7 Å². The highest BCUT2D eigenvalue weighted by atomic mass is 35.5. The maximum absolute atomic E-state index is 10.3. The number of aliphatic hydroxyl groups excluding tert-OH is 3. The molecule has 1 heterocycles. The van der Waals surface area contributed by atoms with Gasteiger partial charge in [0.1, 0.15) is 18.3 Å². The lowest BCUT2D eigenvalue weighted by atomic mass is 9.97. The van der Waals surface area contributed by atoms with E-state index >= 15 is 0 Å². The summed E-state index contributed by atoms with van der Waals surface area (Å²) in [6, 6.07) is 0. The van der Waals surface area contributed by atoms with E-state index in [0.717, 1.165) is 0 Å². The first kappa shape index (κ1) is 20.3. The quantitative estimate of drug-likeness (QED) is 0.487. The number of rotatable bonds is 6. The second kappa shape index (κ2) is 7.44. The number of ether oxygens (including phenoxy) is 2. The molecule has 0 bridgehead atoms. The van der Waals surface area contributed by atoms with Gasteiger partial charge in [0.25, 0.3) is 0 Å². The summed E-state index contributed by atoms with van der Waals surface area (Å²) in [5.74, 6) is -1.29. The Bertz CT molecular complexity index is 358. The predicted octanol–water partition coefficient (Wildman–Crippen LogP) is 1.07. The predicted molar refractivity (Wildman–Crippen MR) is 86.5 cm³/mol. The lowest BCUT2D eigenvalue weighted by molar-refractivity contribution is -0.345. The van der Waals surface area contributed by atoms with E-state index in [9.17, 15) is 15.3 Å². The summed E-state index contributed by atoms with van der Waals surface area (Å²) < 4.78 is 17.2. The van der Waals surface area contributed by atoms with Gasteiger partial charge >= 0.3 is 0 Å². The van der Waals surface area contributed by atoms with Crippen LogP contribution in [0.1, 0.15) is 20.8 Å². The van der Waals surface area contributed by atoms with Crippen molar-refractivity contribution in [2.24, 2.45) is 0 Å². The molecule has 0 radical (unpaired) electrons. The number of hydrogen-bond acceptors (Lipinski definition) is 6. The topological polar surface area (TPSA) is 88.4 Å². The van der Waals surface area contributed by atoms with Crippen molar-refractivity contribution >= 4 is 19.9 Å². The van der Waals surface area contributed by atoms with Crippen LogP contribution >= 0.6 is 11.6 Å². The zero-order chi connectivity index (χ0) is 17.2. The molecule has 0 aromatic heterocycles. The summed E-state index contributed by atoms with van der Waals surface area (Å²) >= 11 is 5.65. The van der Waals surface area contributed by atoms with Crippen LogP contribution in [0.4, 0.5) is 0 Å². The van der Waals surface area contributed by atoms with Crippen molar-refractivity contribution in [3.05, 3.63) is 0 Å². The molecule has 0 unspecified atom stereocenters. The van der Waals surface area contributed by atoms with Crippen LogP contribution in [0.5, 0.6) is 0 Å². The van der Waals surface area contributed by atoms with Crippen molar-refractivity contribution in [1.29, 1.82) is 0 Å². The highest BCUT2D eigenvalue weighted by Crippen LogP contribution is 2.38. The fourth-order valence-electron chi connectivity index (χ4n) is 1.89. The molecule has 0 spiro atoms. The van der Waals surface area contributed by atoms with E-state index in [1.165, 1.54) is 0 Å². The zero-order valence-electron chi connectivity index (χ0n) is 14.0. The standard InChI is InChI=1S/C14H29ClO6Si/c1-13(2,3)22(4,5)21-9-14(19-7-6-15)12(18)11(17)10(16)8-20-14/h10-12,16-18H,6-9H2,1-5H3/t10-,11-,12+,14-/m1/s1. The Kier molecular flexibility index (Phi) is 6.87. The third-order valence-electron chi connectivity index (χ3n) is 4.53. The van der Waals surface area contributed by atoms with Crippen LogP contribution < -0.4 is 0 Å². The summed E-state index contributed by atoms with van der Waals surface area (Å²) in [5, 5.41) is 29.8. The van der Waals surface area contributed by atoms with Gasteiger partial charge in [-0.25, -0.2) is 0 Å². The second-order valence-electron chi connectivity index (χ2n) is 7.21. The van der Waals surface area contributed by atoms with Gasteiger partial charge in [0.2, 0.25) is 5.79 Å². The molecular weight excluding hydrogens is 328 g/mol. The minimum absolute atomic E-state index is 0.0155. The average Bonchev–Trinajstić information content (AvgIpc) is 2.42. The van der Waals surface area contributed by atoms with Gasteiger partial charge in [-0.2, -0.15) is 0 Å². The van der Waals surface area contributed by atoms with Crippen LogP contribution in [0.3, 0.4) is 0 Å². The summed E-state index contributed by atoms with van der Waals surface area (Å²) in [4.78, 5) is 0. The summed E-state index contributed by atoms with van der Waals surface area (Å²) in [6.07, 6.45) is -3.92. The van der Waals surface area contributed by atoms with Crippen molar-refractivity contribution in [3.63, 3.8) is 0 Å². The molecule has 8 heteroatoms. The molecule has 1 saturated heterocycles. The molecule has 6 nitrogen and oxygen atoms in total. The lowest BCUT2D eigenvalue weighted by Gasteiger charge is -2.46. The van der Waals surface area contributed by atoms with Gasteiger partial charge in [0, 0.05) is 5.88 Å². The smallest absolute Gasteiger partial charge is 0.220 e. The highest BCUT2D eigenvalue weighted by Gasteiger charge is 2.52. The molecule has 1 aliphatic heterocycles. The van der Waals surface area contributed by atoms with Crippen LogP contribution in [0, 0.1) is 0 Å². The van der Waals surface area contributed by atoms with Crippen molar-refractivity contribution in [2.75, 3.05) is 25.7 Å². The van der Waals surface area contributed by atoms with E-state index in [4.69, 9.17) is 25.5 Å². The Labute approximate surface area is 138 Å². The summed E-state index contributed by atoms with van der Waals surface area (Å²) in [5.41, 5.74) is 0. The molecule has 1 rings (SSSR count). The third kappa shape index (κ3) is 4.42. The SMILES string of the molecule is CC(C)(C)[Si](C)(C)OC[C@@]1(OCCCl)OC[C@@H](O)[C@@H](O)[C@@H]1O. The first-order valence-electron chi connectivity index (χ1n) is 7.49. The maximum atomic E-state index is 10.3. The van der Waals surface area contributed by atoms with Gasteiger partial charge < -0.3 is 29.2 Å². The number of hydrogen-bond donors (Lipinski definition) is 3. The highest BCUT2D eigenvalue weighted by molar-refractivity contribution is 6.74. The molecule has 22 heavy (non-hydrogen) atoms. The Morgan fingerprint density at radius 2 is 1.86 bits per heavy atom. The summed E-state index contributed by atoms with van der Waals surface area (Å²) in [6.45, 7) is 10.4. The Hall–Kier alpha value is 0.267. The molecule has 0 aliphatic carbocycles. The van der Waals surface area contributed by atoms with Gasteiger partial charge in [0.15, 0.2) is 8.32 Å². The van der Waals surface area contributed by atoms with Crippen molar-refractivity contribution in [2.45, 2.75) is 63.0 Å². The first-order chi connectivity index (χ1) is 9.97. The third-order valence-corrected chi connectivity index (χ3v) is 9.16. The normalized spacial score (nSPS) is 34.0. The van der Waals surface area contributed by atoms with E-state index in [2.05, 4.69) is 33.9 Å². The van der Waals surface area contributed by atoms with Crippen LogP contribution in [-0.4, -0.2) is 73.4 Å². The molecule has 0 aromatic carbocycles. The molecular formula is C14H29ClO6Si. The van der Waals surface area contributed by atoms with E-state index in [0.29, 0.717) is 0 Å². The molecule has 0 saturated carbocycles. The van der Waals surface area contributed by atoms with Crippen LogP contribution in [0.2, 0.25) is 18.1 Å². The van der Waals surface area contributed by atoms with E-state index < -0.39 is 32.4 Å². The molecule has 3 N–H and O–H groups in total. The molecule has 4 atom stereocenters. The fourth-order valence-corrected chi connectivity index (χ4v) is 2.96. The van der Waals surface area contributed by atoms with Gasteiger partial charge in [-0.15, -0.1) is 11.6 Å². The Morgan fingerprint density at radius 1 is 1.27 bits per heavy atom. The zero-order valence-corrected chi connectivity index (χ0v) is 15.8. The first-order valence-corrected chi connectivity index (χ1v) is 10.9. The van der Waals surface area contributed by atoms with Crippen molar-refractivity contribution < 1.29 is 29.2 Å². The Balaban J connectivity index is 2.89.